The van der Waals surface area contributed by atoms with E-state index in [0.29, 0.717) is 33.5 Å². The van der Waals surface area contributed by atoms with Crippen LogP contribution in [0.4, 0.5) is 5.69 Å². The van der Waals surface area contributed by atoms with Gasteiger partial charge in [-0.05, 0) is 55.5 Å². The zero-order valence-corrected chi connectivity index (χ0v) is 17.1. The second-order valence-corrected chi connectivity index (χ2v) is 8.29. The Hall–Kier alpha value is -1.74. The zero-order valence-electron chi connectivity index (χ0n) is 14.7. The second kappa shape index (κ2) is 9.45. The highest BCUT2D eigenvalue weighted by atomic mass is 35.5. The third kappa shape index (κ3) is 5.38. The average molecular weight is 420 g/mol. The van der Waals surface area contributed by atoms with Gasteiger partial charge < -0.3 is 5.32 Å². The zero-order chi connectivity index (χ0) is 19.2. The number of thioether (sulfide) groups is 1. The maximum Gasteiger partial charge on any atom is 0.225 e. The molecule has 0 radical (unpaired) electrons. The SMILES string of the molecule is N#Cc1cc2c(nc1SCCC(=O)Nc1ccc(Cl)c(Cl)c1)CCCCC2. The van der Waals surface area contributed by atoms with Crippen molar-refractivity contribution in [2.75, 3.05) is 11.1 Å². The van der Waals surface area contributed by atoms with Crippen molar-refractivity contribution < 1.29 is 4.79 Å². The summed E-state index contributed by atoms with van der Waals surface area (Å²) in [7, 11) is 0. The molecule has 0 atom stereocenters. The van der Waals surface area contributed by atoms with Crippen LogP contribution in [0.25, 0.3) is 0 Å². The third-order valence-corrected chi connectivity index (χ3v) is 6.14. The molecular formula is C20H19Cl2N3OS. The fourth-order valence-corrected chi connectivity index (χ4v) is 4.23. The quantitative estimate of drug-likeness (QED) is 0.502. The van der Waals surface area contributed by atoms with Gasteiger partial charge in [-0.3, -0.25) is 4.79 Å². The molecule has 140 valence electrons. The fourth-order valence-electron chi connectivity index (χ4n) is 3.02. The Kier molecular flexibility index (Phi) is 7.01. The van der Waals surface area contributed by atoms with E-state index in [2.05, 4.69) is 11.4 Å². The van der Waals surface area contributed by atoms with E-state index in [4.69, 9.17) is 28.2 Å². The van der Waals surface area contributed by atoms with Gasteiger partial charge in [-0.15, -0.1) is 11.8 Å². The molecule has 0 spiro atoms. The molecular weight excluding hydrogens is 401 g/mol. The lowest BCUT2D eigenvalue weighted by molar-refractivity contribution is -0.115. The number of rotatable bonds is 5. The lowest BCUT2D eigenvalue weighted by Gasteiger charge is -2.10. The first-order chi connectivity index (χ1) is 13.1. The monoisotopic (exact) mass is 419 g/mol. The fraction of sp³-hybridized carbons (Fsp3) is 0.350. The summed E-state index contributed by atoms with van der Waals surface area (Å²) in [6, 6.07) is 9.20. The first-order valence-electron chi connectivity index (χ1n) is 8.87. The Labute approximate surface area is 173 Å². The molecule has 1 aliphatic carbocycles. The van der Waals surface area contributed by atoms with Crippen molar-refractivity contribution in [3.8, 4) is 6.07 Å². The van der Waals surface area contributed by atoms with Crippen LogP contribution in [-0.4, -0.2) is 16.6 Å². The van der Waals surface area contributed by atoms with Gasteiger partial charge >= 0.3 is 0 Å². The highest BCUT2D eigenvalue weighted by molar-refractivity contribution is 7.99. The Morgan fingerprint density at radius 3 is 2.78 bits per heavy atom. The second-order valence-electron chi connectivity index (χ2n) is 6.39. The minimum atomic E-state index is -0.117. The number of aryl methyl sites for hydroxylation is 2. The number of nitrogens with one attached hydrogen (secondary N) is 1. The predicted octanol–water partition coefficient (Wildman–Crippen LogP) is 5.65. The molecule has 1 amide bonds. The van der Waals surface area contributed by atoms with E-state index in [9.17, 15) is 10.1 Å². The normalized spacial score (nSPS) is 13.4. The van der Waals surface area contributed by atoms with Gasteiger partial charge in [0.05, 0.1) is 15.6 Å². The summed E-state index contributed by atoms with van der Waals surface area (Å²) in [5.41, 5.74) is 3.52. The van der Waals surface area contributed by atoms with Crippen molar-refractivity contribution in [1.29, 1.82) is 5.26 Å². The number of nitrogens with zero attached hydrogens (tertiary/aromatic N) is 2. The van der Waals surface area contributed by atoms with Gasteiger partial charge in [-0.25, -0.2) is 4.98 Å². The van der Waals surface area contributed by atoms with E-state index in [1.165, 1.54) is 23.7 Å². The van der Waals surface area contributed by atoms with E-state index >= 15 is 0 Å². The number of aromatic nitrogens is 1. The first-order valence-corrected chi connectivity index (χ1v) is 10.6. The van der Waals surface area contributed by atoms with Gasteiger partial charge in [0.15, 0.2) is 0 Å². The summed E-state index contributed by atoms with van der Waals surface area (Å²) in [4.78, 5) is 16.9. The number of carbonyl (C=O) groups excluding carboxylic acids is 1. The Balaban J connectivity index is 1.59. The highest BCUT2D eigenvalue weighted by Gasteiger charge is 2.15. The molecule has 0 bridgehead atoms. The first kappa shape index (κ1) is 20.0. The molecule has 0 saturated heterocycles. The summed E-state index contributed by atoms with van der Waals surface area (Å²) >= 11 is 13.3. The third-order valence-electron chi connectivity index (χ3n) is 4.41. The van der Waals surface area contributed by atoms with Crippen molar-refractivity contribution in [2.24, 2.45) is 0 Å². The van der Waals surface area contributed by atoms with Gasteiger partial charge in [-0.1, -0.05) is 29.6 Å². The van der Waals surface area contributed by atoms with E-state index in [-0.39, 0.29) is 5.91 Å². The maximum atomic E-state index is 12.1. The van der Waals surface area contributed by atoms with E-state index in [1.54, 1.807) is 18.2 Å². The summed E-state index contributed by atoms with van der Waals surface area (Å²) in [5.74, 6) is 0.433. The Bertz CT molecular complexity index is 896. The molecule has 27 heavy (non-hydrogen) atoms. The van der Waals surface area contributed by atoms with Crippen molar-refractivity contribution in [3.63, 3.8) is 0 Å². The van der Waals surface area contributed by atoms with Gasteiger partial charge in [0.25, 0.3) is 0 Å². The molecule has 1 aromatic carbocycles. The number of fused-ring (bicyclic) bond motifs is 1. The molecule has 0 aliphatic heterocycles. The van der Waals surface area contributed by atoms with Gasteiger partial charge in [-0.2, -0.15) is 5.26 Å². The lowest BCUT2D eigenvalue weighted by atomic mass is 10.1. The van der Waals surface area contributed by atoms with Gasteiger partial charge in [0.2, 0.25) is 5.91 Å². The van der Waals surface area contributed by atoms with Crippen molar-refractivity contribution >= 4 is 46.6 Å². The number of hydrogen-bond acceptors (Lipinski definition) is 4. The molecule has 3 rings (SSSR count). The molecule has 4 nitrogen and oxygen atoms in total. The highest BCUT2D eigenvalue weighted by Crippen LogP contribution is 2.28. The Morgan fingerprint density at radius 1 is 1.19 bits per heavy atom. The number of amides is 1. The summed E-state index contributed by atoms with van der Waals surface area (Å²) in [6.07, 6.45) is 5.77. The van der Waals surface area contributed by atoms with Crippen LogP contribution < -0.4 is 5.32 Å². The standard InChI is InChI=1S/C20H19Cl2N3OS/c21-16-7-6-15(11-17(16)22)24-19(26)8-9-27-20-14(12-23)10-13-4-2-1-3-5-18(13)25-20/h6-7,10-11H,1-5,8-9H2,(H,24,26). The van der Waals surface area contributed by atoms with Crippen LogP contribution >= 0.6 is 35.0 Å². The van der Waals surface area contributed by atoms with Crippen molar-refractivity contribution in [2.45, 2.75) is 43.6 Å². The minimum Gasteiger partial charge on any atom is -0.326 e. The Morgan fingerprint density at radius 2 is 2.00 bits per heavy atom. The minimum absolute atomic E-state index is 0.117. The van der Waals surface area contributed by atoms with Crippen LogP contribution in [0.15, 0.2) is 29.3 Å². The molecule has 0 unspecified atom stereocenters. The molecule has 1 heterocycles. The topological polar surface area (TPSA) is 65.8 Å². The molecule has 0 fully saturated rings. The van der Waals surface area contributed by atoms with E-state index in [1.807, 2.05) is 6.07 Å². The number of nitriles is 1. The summed E-state index contributed by atoms with van der Waals surface area (Å²) in [5, 5.41) is 13.8. The van der Waals surface area contributed by atoms with E-state index < -0.39 is 0 Å². The molecule has 1 N–H and O–H groups in total. The molecule has 1 aromatic heterocycles. The smallest absolute Gasteiger partial charge is 0.225 e. The van der Waals surface area contributed by atoms with Gasteiger partial charge in [0.1, 0.15) is 11.1 Å². The van der Waals surface area contributed by atoms with Crippen LogP contribution in [-0.2, 0) is 17.6 Å². The number of benzene rings is 1. The van der Waals surface area contributed by atoms with Crippen molar-refractivity contribution in [1.82, 2.24) is 4.98 Å². The van der Waals surface area contributed by atoms with Gasteiger partial charge in [0, 0.05) is 23.6 Å². The van der Waals surface area contributed by atoms with Crippen LogP contribution in [0.3, 0.4) is 0 Å². The summed E-state index contributed by atoms with van der Waals surface area (Å²) in [6.45, 7) is 0. The predicted molar refractivity (Wildman–Crippen MR) is 111 cm³/mol. The number of halogens is 2. The maximum absolute atomic E-state index is 12.1. The largest absolute Gasteiger partial charge is 0.326 e. The average Bonchev–Trinajstić information content (AvgIpc) is 2.88. The van der Waals surface area contributed by atoms with Crippen molar-refractivity contribution in [3.05, 3.63) is 51.1 Å². The van der Waals surface area contributed by atoms with Crippen LogP contribution in [0, 0.1) is 11.3 Å². The number of carbonyl (C=O) groups is 1. The number of hydrogen-bond donors (Lipinski definition) is 1. The molecule has 2 aromatic rings. The molecule has 7 heteroatoms. The van der Waals surface area contributed by atoms with Crippen LogP contribution in [0.2, 0.25) is 10.0 Å². The summed E-state index contributed by atoms with van der Waals surface area (Å²) < 4.78 is 0. The van der Waals surface area contributed by atoms with E-state index in [0.717, 1.165) is 36.4 Å². The number of anilines is 1. The van der Waals surface area contributed by atoms with Crippen LogP contribution in [0.1, 0.15) is 42.5 Å². The molecule has 0 saturated carbocycles. The lowest BCUT2D eigenvalue weighted by Crippen LogP contribution is -2.12. The number of pyridine rings is 1. The molecule has 1 aliphatic rings. The van der Waals surface area contributed by atoms with Crippen LogP contribution in [0.5, 0.6) is 0 Å².